The van der Waals surface area contributed by atoms with Crippen LogP contribution in [-0.4, -0.2) is 11.6 Å². The smallest absolute Gasteiger partial charge is 0.201 e. The highest BCUT2D eigenvalue weighted by Crippen LogP contribution is 2.44. The van der Waals surface area contributed by atoms with Crippen LogP contribution in [0.15, 0.2) is 92.4 Å². The molecule has 4 rings (SSSR count). The van der Waals surface area contributed by atoms with Gasteiger partial charge in [-0.1, -0.05) is 114 Å². The summed E-state index contributed by atoms with van der Waals surface area (Å²) in [6.07, 6.45) is 0. The zero-order valence-electron chi connectivity index (χ0n) is 20.6. The number of hydrogen-bond donors (Lipinski definition) is 0. The van der Waals surface area contributed by atoms with E-state index in [1.165, 1.54) is 34.7 Å². The van der Waals surface area contributed by atoms with Gasteiger partial charge in [-0.25, -0.2) is 0 Å². The van der Waals surface area contributed by atoms with E-state index in [1.54, 1.807) is 12.1 Å². The van der Waals surface area contributed by atoms with Crippen molar-refractivity contribution in [3.63, 3.8) is 0 Å². The Balaban J connectivity index is 1.74. The van der Waals surface area contributed by atoms with Crippen LogP contribution in [0.4, 0.5) is 0 Å². The fraction of sp³-hybridized carbons (Fsp3) is 0.267. The van der Waals surface area contributed by atoms with Crippen molar-refractivity contribution in [2.45, 2.75) is 62.2 Å². The fourth-order valence-corrected chi connectivity index (χ4v) is 5.84. The van der Waals surface area contributed by atoms with Crippen LogP contribution in [0.3, 0.4) is 0 Å². The summed E-state index contributed by atoms with van der Waals surface area (Å²) >= 11 is 2.76. The largest absolute Gasteiger partial charge is 0.288 e. The highest BCUT2D eigenvalue weighted by Gasteiger charge is 2.33. The zero-order valence-corrected chi connectivity index (χ0v) is 22.2. The van der Waals surface area contributed by atoms with E-state index in [4.69, 9.17) is 0 Å². The molecule has 0 aliphatic heterocycles. The highest BCUT2D eigenvalue weighted by molar-refractivity contribution is 8.08. The van der Waals surface area contributed by atoms with Crippen LogP contribution in [0.1, 0.15) is 73.4 Å². The van der Waals surface area contributed by atoms with Gasteiger partial charge in [-0.15, -0.1) is 0 Å². The maximum atomic E-state index is 13.5. The van der Waals surface area contributed by atoms with Gasteiger partial charge in [-0.2, -0.15) is 0 Å². The second-order valence-corrected chi connectivity index (χ2v) is 12.8. The van der Waals surface area contributed by atoms with Crippen molar-refractivity contribution in [3.05, 3.63) is 105 Å². The Labute approximate surface area is 211 Å². The van der Waals surface area contributed by atoms with Gasteiger partial charge in [-0.3, -0.25) is 9.59 Å². The van der Waals surface area contributed by atoms with Crippen molar-refractivity contribution < 1.29 is 9.59 Å². The Morgan fingerprint density at radius 1 is 0.500 bits per heavy atom. The molecule has 3 aromatic carbocycles. The van der Waals surface area contributed by atoms with Crippen LogP contribution >= 0.6 is 23.5 Å². The minimum absolute atomic E-state index is 0.0538. The van der Waals surface area contributed by atoms with Crippen molar-refractivity contribution in [3.8, 4) is 0 Å². The molecule has 3 aromatic rings. The number of benzene rings is 3. The zero-order chi connectivity index (χ0) is 24.7. The van der Waals surface area contributed by atoms with Crippen LogP contribution in [0.5, 0.6) is 0 Å². The Kier molecular flexibility index (Phi) is 6.67. The predicted octanol–water partition coefficient (Wildman–Crippen LogP) is 8.46. The molecule has 174 valence electrons. The highest BCUT2D eigenvalue weighted by atomic mass is 32.2. The molecule has 1 aliphatic carbocycles. The molecule has 0 atom stereocenters. The molecule has 4 heteroatoms. The van der Waals surface area contributed by atoms with E-state index in [0.29, 0.717) is 20.9 Å². The summed E-state index contributed by atoms with van der Waals surface area (Å²) in [5, 5.41) is 0. The minimum Gasteiger partial charge on any atom is -0.288 e. The molecule has 0 radical (unpaired) electrons. The summed E-state index contributed by atoms with van der Waals surface area (Å²) < 4.78 is 0. The summed E-state index contributed by atoms with van der Waals surface area (Å²) in [4.78, 5) is 30.0. The first kappa shape index (κ1) is 24.6. The molecule has 2 nitrogen and oxygen atoms in total. The van der Waals surface area contributed by atoms with Gasteiger partial charge in [0.2, 0.25) is 11.6 Å². The molecule has 0 unspecified atom stereocenters. The molecule has 0 fully saturated rings. The topological polar surface area (TPSA) is 34.1 Å². The van der Waals surface area contributed by atoms with E-state index in [2.05, 4.69) is 65.8 Å². The molecule has 0 spiro atoms. The molecule has 0 saturated carbocycles. The standard InChI is InChI=1S/C30H30O2S2/c1-29(2,3)19-11-15-21(16-12-19)33-27-25(31)23-9-7-8-10-24(23)26(32)28(27)34-22-17-13-20(14-18-22)30(4,5)6/h7-18H,1-6H3. The third kappa shape index (κ3) is 5.08. The number of rotatable bonds is 4. The van der Waals surface area contributed by atoms with Gasteiger partial charge in [0.15, 0.2) is 0 Å². The number of hydrogen-bond acceptors (Lipinski definition) is 4. The van der Waals surface area contributed by atoms with Crippen LogP contribution in [0.25, 0.3) is 0 Å². The molecule has 0 aromatic heterocycles. The maximum Gasteiger partial charge on any atom is 0.201 e. The number of ketones is 2. The van der Waals surface area contributed by atoms with Crippen molar-refractivity contribution in [1.29, 1.82) is 0 Å². The molecule has 0 bridgehead atoms. The van der Waals surface area contributed by atoms with Gasteiger partial charge in [0.1, 0.15) is 0 Å². The first-order valence-corrected chi connectivity index (χ1v) is 13.1. The first-order valence-electron chi connectivity index (χ1n) is 11.4. The van der Waals surface area contributed by atoms with Gasteiger partial charge in [0.25, 0.3) is 0 Å². The van der Waals surface area contributed by atoms with Gasteiger partial charge in [-0.05, 0) is 46.2 Å². The number of thioether (sulfide) groups is 2. The molecular weight excluding hydrogens is 456 g/mol. The lowest BCUT2D eigenvalue weighted by atomic mass is 9.87. The molecule has 0 N–H and O–H groups in total. The predicted molar refractivity (Wildman–Crippen MR) is 144 cm³/mol. The van der Waals surface area contributed by atoms with Crippen molar-refractivity contribution in [2.24, 2.45) is 0 Å². The molecule has 34 heavy (non-hydrogen) atoms. The van der Waals surface area contributed by atoms with E-state index < -0.39 is 0 Å². The fourth-order valence-electron chi connectivity index (χ4n) is 3.80. The summed E-state index contributed by atoms with van der Waals surface area (Å²) in [7, 11) is 0. The molecule has 0 heterocycles. The van der Waals surface area contributed by atoms with Gasteiger partial charge in [0, 0.05) is 20.9 Å². The molecule has 0 saturated heterocycles. The maximum absolute atomic E-state index is 13.5. The quantitative estimate of drug-likeness (QED) is 0.370. The number of Topliss-reactive ketones (excluding diaryl/α,β-unsaturated/α-hetero) is 2. The van der Waals surface area contributed by atoms with Crippen molar-refractivity contribution in [1.82, 2.24) is 0 Å². The average molecular weight is 487 g/mol. The number of carbonyl (C=O) groups is 2. The summed E-state index contributed by atoms with van der Waals surface area (Å²) in [6.45, 7) is 13.1. The third-order valence-electron chi connectivity index (χ3n) is 5.92. The summed E-state index contributed by atoms with van der Waals surface area (Å²) in [5.74, 6) is -0.178. The number of allylic oxidation sites excluding steroid dienone is 2. The third-order valence-corrected chi connectivity index (χ3v) is 8.25. The number of fused-ring (bicyclic) bond motifs is 1. The van der Waals surface area contributed by atoms with Gasteiger partial charge < -0.3 is 0 Å². The van der Waals surface area contributed by atoms with Crippen LogP contribution in [0.2, 0.25) is 0 Å². The first-order chi connectivity index (χ1) is 15.9. The Morgan fingerprint density at radius 2 is 0.824 bits per heavy atom. The van der Waals surface area contributed by atoms with E-state index in [9.17, 15) is 9.59 Å². The summed E-state index contributed by atoms with van der Waals surface area (Å²) in [6, 6.07) is 23.7. The van der Waals surface area contributed by atoms with E-state index >= 15 is 0 Å². The Hall–Kier alpha value is -2.56. The molecule has 1 aliphatic rings. The lowest BCUT2D eigenvalue weighted by molar-refractivity contribution is 0.0988. The van der Waals surface area contributed by atoms with Crippen LogP contribution in [-0.2, 0) is 10.8 Å². The van der Waals surface area contributed by atoms with E-state index in [0.717, 1.165) is 9.79 Å². The van der Waals surface area contributed by atoms with Crippen molar-refractivity contribution >= 4 is 35.1 Å². The second-order valence-electron chi connectivity index (χ2n) is 10.6. The lowest BCUT2D eigenvalue weighted by Gasteiger charge is -2.22. The monoisotopic (exact) mass is 486 g/mol. The summed E-state index contributed by atoms with van der Waals surface area (Å²) in [5.41, 5.74) is 3.53. The Morgan fingerprint density at radius 3 is 1.12 bits per heavy atom. The molecular formula is C30H30O2S2. The van der Waals surface area contributed by atoms with Gasteiger partial charge >= 0.3 is 0 Å². The molecule has 0 amide bonds. The van der Waals surface area contributed by atoms with E-state index in [1.807, 2.05) is 36.4 Å². The van der Waals surface area contributed by atoms with Crippen molar-refractivity contribution in [2.75, 3.05) is 0 Å². The Bertz CT molecular complexity index is 1170. The van der Waals surface area contributed by atoms with Crippen LogP contribution < -0.4 is 0 Å². The minimum atomic E-state index is -0.0890. The average Bonchev–Trinajstić information content (AvgIpc) is 2.79. The van der Waals surface area contributed by atoms with E-state index in [-0.39, 0.29) is 22.4 Å². The SMILES string of the molecule is CC(C)(C)c1ccc(SC2=C(Sc3ccc(C(C)(C)C)cc3)C(=O)c3ccccc3C2=O)cc1. The normalized spacial score (nSPS) is 14.4. The second kappa shape index (κ2) is 9.24. The van der Waals surface area contributed by atoms with Gasteiger partial charge in [0.05, 0.1) is 9.81 Å². The van der Waals surface area contributed by atoms with Crippen LogP contribution in [0, 0.1) is 0 Å². The number of carbonyl (C=O) groups excluding carboxylic acids is 2. The lowest BCUT2D eigenvalue weighted by Crippen LogP contribution is -2.19.